The van der Waals surface area contributed by atoms with Crippen LogP contribution in [-0.4, -0.2) is 82.3 Å². The third kappa shape index (κ3) is 6.23. The summed E-state index contributed by atoms with van der Waals surface area (Å²) in [6.07, 6.45) is -3.37. The second-order valence-corrected chi connectivity index (χ2v) is 12.6. The summed E-state index contributed by atoms with van der Waals surface area (Å²) in [6.45, 7) is -0.563. The summed E-state index contributed by atoms with van der Waals surface area (Å²) in [5, 5.41) is 42.3. The minimum atomic E-state index is -3.90. The van der Waals surface area contributed by atoms with Crippen LogP contribution in [0.1, 0.15) is 5.56 Å². The highest BCUT2D eigenvalue weighted by Crippen LogP contribution is 2.30. The molecule has 44 heavy (non-hydrogen) atoms. The Bertz CT molecular complexity index is 1870. The molecule has 12 nitrogen and oxygen atoms in total. The highest BCUT2D eigenvalue weighted by atomic mass is 32.2. The van der Waals surface area contributed by atoms with E-state index in [0.29, 0.717) is 22.7 Å². The number of ether oxygens (including phenoxy) is 2. The van der Waals surface area contributed by atoms with Crippen LogP contribution in [0.5, 0.6) is 5.75 Å². The summed E-state index contributed by atoms with van der Waals surface area (Å²) in [5.74, 6) is 0.295. The number of anilines is 1. The lowest BCUT2D eigenvalue weighted by Crippen LogP contribution is -2.60. The fourth-order valence-electron chi connectivity index (χ4n) is 4.69. The lowest BCUT2D eigenvalue weighted by atomic mass is 9.99. The molecule has 2 aromatic heterocycles. The molecular formula is C30H28N4O8S2. The summed E-state index contributed by atoms with van der Waals surface area (Å²) in [5.41, 5.74) is 3.73. The van der Waals surface area contributed by atoms with Crippen molar-refractivity contribution in [3.05, 3.63) is 89.9 Å². The molecule has 5 atom stereocenters. The fraction of sp³-hybridized carbons (Fsp3) is 0.200. The first-order valence-corrected chi connectivity index (χ1v) is 15.8. The van der Waals surface area contributed by atoms with Crippen LogP contribution in [-0.2, 0) is 14.8 Å². The Labute approximate surface area is 256 Å². The molecule has 1 fully saturated rings. The number of thiazole rings is 1. The average Bonchev–Trinajstić information content (AvgIpc) is 3.67. The van der Waals surface area contributed by atoms with Gasteiger partial charge in [-0.25, -0.2) is 13.4 Å². The topological polar surface area (TPSA) is 187 Å². The molecule has 0 aliphatic carbocycles. The van der Waals surface area contributed by atoms with Gasteiger partial charge in [-0.2, -0.15) is 0 Å². The first kappa shape index (κ1) is 29.9. The summed E-state index contributed by atoms with van der Waals surface area (Å²) in [4.78, 5) is 12.1. The van der Waals surface area contributed by atoms with E-state index < -0.39 is 47.3 Å². The number of fused-ring (bicyclic) bond motifs is 1. The van der Waals surface area contributed by atoms with Crippen molar-refractivity contribution in [1.82, 2.24) is 9.97 Å². The molecule has 228 valence electrons. The molecule has 1 aliphatic heterocycles. The quantitative estimate of drug-likeness (QED) is 0.132. The largest absolute Gasteiger partial charge is 0.462 e. The molecule has 6 N–H and O–H groups in total. The average molecular weight is 637 g/mol. The maximum absolute atomic E-state index is 13.0. The predicted octanol–water partition coefficient (Wildman–Crippen LogP) is 3.02. The number of benzene rings is 3. The van der Waals surface area contributed by atoms with Crippen molar-refractivity contribution in [1.29, 1.82) is 0 Å². The van der Waals surface area contributed by atoms with Crippen molar-refractivity contribution < 1.29 is 38.3 Å². The standard InChI is InChI=1S/C30H28N4O8S2/c35-15-25-26(36)27(37)28(38)29(42-25)41-20-9-5-17(6-10-20)24-16-43-30(33-24)34-44(39,40)21-11-7-19(8-12-21)31-13-18-14-32-23-4-2-1-3-22(18)23/h1-14,16,25-29,32,35-38H,15H2,(H,33,34)/t25-,26-,27+,28-,29-/m1/s1. The number of aliphatic hydroxyl groups is 4. The van der Waals surface area contributed by atoms with E-state index in [-0.39, 0.29) is 10.0 Å². The van der Waals surface area contributed by atoms with E-state index in [9.17, 15) is 28.8 Å². The lowest BCUT2D eigenvalue weighted by molar-refractivity contribution is -0.277. The minimum absolute atomic E-state index is 0.0648. The number of aliphatic hydroxyl groups excluding tert-OH is 4. The molecule has 0 saturated carbocycles. The zero-order chi connectivity index (χ0) is 30.8. The van der Waals surface area contributed by atoms with Gasteiger partial charge in [-0.1, -0.05) is 18.2 Å². The highest BCUT2D eigenvalue weighted by Gasteiger charge is 2.44. The number of aromatic amines is 1. The molecule has 1 saturated heterocycles. The Kier molecular flexibility index (Phi) is 8.46. The smallest absolute Gasteiger partial charge is 0.263 e. The monoisotopic (exact) mass is 636 g/mol. The van der Waals surface area contributed by atoms with Crippen molar-refractivity contribution in [3.8, 4) is 17.0 Å². The maximum atomic E-state index is 13.0. The van der Waals surface area contributed by atoms with E-state index in [0.717, 1.165) is 27.8 Å². The van der Waals surface area contributed by atoms with Crippen LogP contribution < -0.4 is 9.46 Å². The second kappa shape index (κ2) is 12.5. The van der Waals surface area contributed by atoms with Crippen LogP contribution >= 0.6 is 11.3 Å². The number of rotatable bonds is 9. The van der Waals surface area contributed by atoms with Crippen LogP contribution in [0.15, 0.2) is 94.3 Å². The zero-order valence-electron chi connectivity index (χ0n) is 22.9. The molecule has 0 radical (unpaired) electrons. The summed E-state index contributed by atoms with van der Waals surface area (Å²) < 4.78 is 39.5. The van der Waals surface area contributed by atoms with Crippen molar-refractivity contribution in [2.75, 3.05) is 11.3 Å². The van der Waals surface area contributed by atoms with E-state index in [1.165, 1.54) is 12.1 Å². The van der Waals surface area contributed by atoms with Crippen molar-refractivity contribution in [2.45, 2.75) is 35.6 Å². The van der Waals surface area contributed by atoms with Gasteiger partial charge in [0.1, 0.15) is 30.2 Å². The Hall–Kier alpha value is -4.15. The number of sulfonamides is 1. The van der Waals surface area contributed by atoms with E-state index in [1.807, 2.05) is 30.5 Å². The van der Waals surface area contributed by atoms with Gasteiger partial charge in [0.25, 0.3) is 10.0 Å². The van der Waals surface area contributed by atoms with Gasteiger partial charge >= 0.3 is 0 Å². The number of aliphatic imine (C=N–C) groups is 1. The van der Waals surface area contributed by atoms with Gasteiger partial charge in [0.05, 0.1) is 22.9 Å². The molecule has 3 heterocycles. The second-order valence-electron chi connectivity index (χ2n) is 10.0. The van der Waals surface area contributed by atoms with Crippen molar-refractivity contribution in [2.24, 2.45) is 4.99 Å². The highest BCUT2D eigenvalue weighted by molar-refractivity contribution is 7.93. The van der Waals surface area contributed by atoms with E-state index in [4.69, 9.17) is 9.47 Å². The van der Waals surface area contributed by atoms with Gasteiger partial charge < -0.3 is 34.9 Å². The van der Waals surface area contributed by atoms with E-state index >= 15 is 0 Å². The summed E-state index contributed by atoms with van der Waals surface area (Å²) >= 11 is 1.13. The molecule has 1 aliphatic rings. The fourth-order valence-corrected chi connectivity index (χ4v) is 6.66. The Morgan fingerprint density at radius 2 is 1.75 bits per heavy atom. The molecule has 14 heteroatoms. The van der Waals surface area contributed by atoms with E-state index in [1.54, 1.807) is 48.0 Å². The van der Waals surface area contributed by atoms with Crippen LogP contribution in [0.3, 0.4) is 0 Å². The third-order valence-corrected chi connectivity index (χ3v) is 9.34. The normalized spacial score (nSPS) is 22.4. The van der Waals surface area contributed by atoms with E-state index in [2.05, 4.69) is 19.7 Å². The van der Waals surface area contributed by atoms with Crippen molar-refractivity contribution in [3.63, 3.8) is 0 Å². The molecular weight excluding hydrogens is 608 g/mol. The summed E-state index contributed by atoms with van der Waals surface area (Å²) in [7, 11) is -3.90. The molecule has 0 spiro atoms. The number of nitrogens with zero attached hydrogens (tertiary/aromatic N) is 2. The predicted molar refractivity (Wildman–Crippen MR) is 165 cm³/mol. The summed E-state index contributed by atoms with van der Waals surface area (Å²) in [6, 6.07) is 20.6. The first-order valence-electron chi connectivity index (χ1n) is 13.5. The molecule has 0 unspecified atom stereocenters. The minimum Gasteiger partial charge on any atom is -0.462 e. The van der Waals surface area contributed by atoms with Crippen LogP contribution in [0.25, 0.3) is 22.2 Å². The van der Waals surface area contributed by atoms with Gasteiger partial charge in [0, 0.05) is 39.8 Å². The number of hydrogen-bond acceptors (Lipinski definition) is 11. The number of nitrogens with one attached hydrogen (secondary N) is 2. The Balaban J connectivity index is 1.09. The SMILES string of the molecule is O=S(=O)(Nc1nc(-c2ccc(O[C@@H]3O[C@H](CO)[C@@H](O)[C@H](O)[C@H]3O)cc2)cs1)c1ccc(N=Cc2c[nH]c3ccccc23)cc1. The number of para-hydroxylation sites is 1. The van der Waals surface area contributed by atoms with Crippen LogP contribution in [0.4, 0.5) is 10.8 Å². The maximum Gasteiger partial charge on any atom is 0.263 e. The Morgan fingerprint density at radius 1 is 1.00 bits per heavy atom. The number of hydrogen-bond donors (Lipinski definition) is 6. The Morgan fingerprint density at radius 3 is 2.50 bits per heavy atom. The van der Waals surface area contributed by atoms with Crippen LogP contribution in [0, 0.1) is 0 Å². The van der Waals surface area contributed by atoms with Gasteiger partial charge in [-0.15, -0.1) is 11.3 Å². The molecule has 3 aromatic carbocycles. The van der Waals surface area contributed by atoms with Gasteiger partial charge in [-0.05, 0) is 54.6 Å². The molecule has 0 amide bonds. The number of H-pyrrole nitrogens is 1. The molecule has 5 aromatic rings. The van der Waals surface area contributed by atoms with Gasteiger partial charge in [0.2, 0.25) is 6.29 Å². The molecule has 0 bridgehead atoms. The third-order valence-electron chi connectivity index (χ3n) is 7.10. The van der Waals surface area contributed by atoms with Crippen molar-refractivity contribution >= 4 is 49.3 Å². The lowest BCUT2D eigenvalue weighted by Gasteiger charge is -2.39. The van der Waals surface area contributed by atoms with Gasteiger partial charge in [-0.3, -0.25) is 9.71 Å². The number of aromatic nitrogens is 2. The van der Waals surface area contributed by atoms with Gasteiger partial charge in [0.15, 0.2) is 5.13 Å². The zero-order valence-corrected chi connectivity index (χ0v) is 24.5. The van der Waals surface area contributed by atoms with Crippen LogP contribution in [0.2, 0.25) is 0 Å². The molecule has 6 rings (SSSR count). The first-order chi connectivity index (χ1) is 21.2.